The Morgan fingerprint density at radius 2 is 2.05 bits per heavy atom. The van der Waals surface area contributed by atoms with E-state index in [1.807, 2.05) is 24.4 Å². The van der Waals surface area contributed by atoms with Crippen LogP contribution in [-0.2, 0) is 0 Å². The summed E-state index contributed by atoms with van der Waals surface area (Å²) in [4.78, 5) is 23.2. The van der Waals surface area contributed by atoms with Gasteiger partial charge in [0.15, 0.2) is 0 Å². The van der Waals surface area contributed by atoms with E-state index >= 15 is 0 Å². The molecule has 1 heterocycles. The van der Waals surface area contributed by atoms with E-state index in [4.69, 9.17) is 0 Å². The SMILES string of the molecule is C[C@@H](NC(=O)Nc1ccccc1[N+](=O)[O-])c1cccs1. The second-order valence-electron chi connectivity index (χ2n) is 4.11. The highest BCUT2D eigenvalue weighted by atomic mass is 32.1. The molecule has 20 heavy (non-hydrogen) atoms. The second kappa shape index (κ2) is 6.16. The van der Waals surface area contributed by atoms with Crippen LogP contribution >= 0.6 is 11.3 Å². The first-order valence-corrected chi connectivity index (χ1v) is 6.80. The van der Waals surface area contributed by atoms with Gasteiger partial charge >= 0.3 is 6.03 Å². The van der Waals surface area contributed by atoms with Gasteiger partial charge < -0.3 is 10.6 Å². The fourth-order valence-corrected chi connectivity index (χ4v) is 2.44. The average Bonchev–Trinajstić information content (AvgIpc) is 2.92. The first-order chi connectivity index (χ1) is 9.58. The van der Waals surface area contributed by atoms with Gasteiger partial charge in [-0.25, -0.2) is 4.79 Å². The molecule has 0 unspecified atom stereocenters. The molecule has 0 saturated carbocycles. The van der Waals surface area contributed by atoms with Gasteiger partial charge in [-0.2, -0.15) is 0 Å². The van der Waals surface area contributed by atoms with E-state index in [2.05, 4.69) is 10.6 Å². The van der Waals surface area contributed by atoms with Crippen LogP contribution in [0.15, 0.2) is 41.8 Å². The molecule has 104 valence electrons. The average molecular weight is 291 g/mol. The Kier molecular flexibility index (Phi) is 4.31. The third kappa shape index (κ3) is 3.33. The van der Waals surface area contributed by atoms with Gasteiger partial charge in [-0.05, 0) is 24.4 Å². The van der Waals surface area contributed by atoms with Crippen molar-refractivity contribution < 1.29 is 9.72 Å². The summed E-state index contributed by atoms with van der Waals surface area (Å²) in [6, 6.07) is 9.21. The maximum Gasteiger partial charge on any atom is 0.319 e. The van der Waals surface area contributed by atoms with Gasteiger partial charge in [-0.1, -0.05) is 18.2 Å². The van der Waals surface area contributed by atoms with Crippen LogP contribution in [0.2, 0.25) is 0 Å². The summed E-state index contributed by atoms with van der Waals surface area (Å²) in [5.74, 6) is 0. The molecule has 1 aromatic carbocycles. The van der Waals surface area contributed by atoms with E-state index in [-0.39, 0.29) is 17.4 Å². The Bertz CT molecular complexity index is 613. The summed E-state index contributed by atoms with van der Waals surface area (Å²) >= 11 is 1.54. The van der Waals surface area contributed by atoms with Crippen LogP contribution in [0, 0.1) is 10.1 Å². The lowest BCUT2D eigenvalue weighted by atomic mass is 10.2. The molecule has 0 aliphatic rings. The molecule has 1 aromatic heterocycles. The van der Waals surface area contributed by atoms with Crippen molar-refractivity contribution in [3.05, 3.63) is 56.8 Å². The maximum atomic E-state index is 11.9. The van der Waals surface area contributed by atoms with Gasteiger partial charge in [0, 0.05) is 10.9 Å². The summed E-state index contributed by atoms with van der Waals surface area (Å²) in [5, 5.41) is 18.0. The van der Waals surface area contributed by atoms with Gasteiger partial charge in [0.1, 0.15) is 5.69 Å². The second-order valence-corrected chi connectivity index (χ2v) is 5.09. The molecule has 2 aromatic rings. The predicted octanol–water partition coefficient (Wildman–Crippen LogP) is 3.54. The van der Waals surface area contributed by atoms with Crippen molar-refractivity contribution in [3.63, 3.8) is 0 Å². The fraction of sp³-hybridized carbons (Fsp3) is 0.154. The number of carbonyl (C=O) groups is 1. The highest BCUT2D eigenvalue weighted by molar-refractivity contribution is 7.10. The monoisotopic (exact) mass is 291 g/mol. The van der Waals surface area contributed by atoms with Crippen molar-refractivity contribution in [3.8, 4) is 0 Å². The Morgan fingerprint density at radius 3 is 2.70 bits per heavy atom. The summed E-state index contributed by atoms with van der Waals surface area (Å²) in [7, 11) is 0. The number of amides is 2. The molecule has 0 radical (unpaired) electrons. The quantitative estimate of drug-likeness (QED) is 0.667. The summed E-state index contributed by atoms with van der Waals surface area (Å²) in [6.45, 7) is 1.85. The highest BCUT2D eigenvalue weighted by Gasteiger charge is 2.16. The van der Waals surface area contributed by atoms with Crippen LogP contribution in [0.5, 0.6) is 0 Å². The minimum Gasteiger partial charge on any atom is -0.331 e. The first kappa shape index (κ1) is 14.0. The van der Waals surface area contributed by atoms with Gasteiger partial charge in [0.2, 0.25) is 0 Å². The summed E-state index contributed by atoms with van der Waals surface area (Å²) in [5.41, 5.74) is 0.0415. The molecule has 2 amide bonds. The minimum absolute atomic E-state index is 0.133. The standard InChI is InChI=1S/C13H13N3O3S/c1-9(12-7-4-8-20-12)14-13(17)15-10-5-2-3-6-11(10)16(18)19/h2-9H,1H3,(H2,14,15,17)/t9-/m1/s1. The molecule has 7 heteroatoms. The van der Waals surface area contributed by atoms with E-state index in [1.54, 1.807) is 12.1 Å². The van der Waals surface area contributed by atoms with Crippen molar-refractivity contribution in [2.75, 3.05) is 5.32 Å². The van der Waals surface area contributed by atoms with Gasteiger partial charge in [0.25, 0.3) is 5.69 Å². The zero-order chi connectivity index (χ0) is 14.5. The smallest absolute Gasteiger partial charge is 0.319 e. The Balaban J connectivity index is 2.03. The lowest BCUT2D eigenvalue weighted by Gasteiger charge is -2.13. The molecule has 0 spiro atoms. The lowest BCUT2D eigenvalue weighted by molar-refractivity contribution is -0.383. The number of nitro groups is 1. The van der Waals surface area contributed by atoms with E-state index in [9.17, 15) is 14.9 Å². The number of hydrogen-bond donors (Lipinski definition) is 2. The number of carbonyl (C=O) groups excluding carboxylic acids is 1. The molecule has 0 aliphatic carbocycles. The van der Waals surface area contributed by atoms with E-state index in [1.165, 1.54) is 23.5 Å². The van der Waals surface area contributed by atoms with Crippen LogP contribution < -0.4 is 10.6 Å². The maximum absolute atomic E-state index is 11.9. The molecule has 0 aliphatic heterocycles. The number of nitrogens with one attached hydrogen (secondary N) is 2. The molecule has 0 bridgehead atoms. The van der Waals surface area contributed by atoms with Gasteiger partial charge in [0.05, 0.1) is 11.0 Å². The predicted molar refractivity (Wildman–Crippen MR) is 78.0 cm³/mol. The highest BCUT2D eigenvalue weighted by Crippen LogP contribution is 2.23. The van der Waals surface area contributed by atoms with Crippen molar-refractivity contribution in [1.82, 2.24) is 5.32 Å². The van der Waals surface area contributed by atoms with E-state index in [0.717, 1.165) is 4.88 Å². The molecule has 2 rings (SSSR count). The minimum atomic E-state index is -0.529. The molecule has 1 atom stereocenters. The van der Waals surface area contributed by atoms with Crippen molar-refractivity contribution >= 4 is 28.7 Å². The zero-order valence-electron chi connectivity index (χ0n) is 10.7. The summed E-state index contributed by atoms with van der Waals surface area (Å²) < 4.78 is 0. The number of nitro benzene ring substituents is 1. The number of rotatable bonds is 4. The van der Waals surface area contributed by atoms with Crippen molar-refractivity contribution in [2.24, 2.45) is 0 Å². The fourth-order valence-electron chi connectivity index (χ4n) is 1.70. The third-order valence-electron chi connectivity index (χ3n) is 2.67. The third-order valence-corrected chi connectivity index (χ3v) is 3.72. The van der Waals surface area contributed by atoms with Crippen molar-refractivity contribution in [2.45, 2.75) is 13.0 Å². The number of hydrogen-bond acceptors (Lipinski definition) is 4. The van der Waals surface area contributed by atoms with Crippen LogP contribution in [0.4, 0.5) is 16.2 Å². The van der Waals surface area contributed by atoms with Crippen LogP contribution in [0.3, 0.4) is 0 Å². The number of nitrogens with zero attached hydrogens (tertiary/aromatic N) is 1. The topological polar surface area (TPSA) is 84.3 Å². The van der Waals surface area contributed by atoms with Gasteiger partial charge in [-0.3, -0.25) is 10.1 Å². The van der Waals surface area contributed by atoms with Crippen LogP contribution in [0.1, 0.15) is 17.8 Å². The van der Waals surface area contributed by atoms with E-state index < -0.39 is 11.0 Å². The summed E-state index contributed by atoms with van der Waals surface area (Å²) in [6.07, 6.45) is 0. The molecule has 2 N–H and O–H groups in total. The number of anilines is 1. The molecular weight excluding hydrogens is 278 g/mol. The van der Waals surface area contributed by atoms with Gasteiger partial charge in [-0.15, -0.1) is 11.3 Å². The molecule has 0 fully saturated rings. The van der Waals surface area contributed by atoms with Crippen LogP contribution in [0.25, 0.3) is 0 Å². The van der Waals surface area contributed by atoms with E-state index in [0.29, 0.717) is 0 Å². The number of urea groups is 1. The Morgan fingerprint density at radius 1 is 1.30 bits per heavy atom. The Hall–Kier alpha value is -2.41. The number of thiophene rings is 1. The largest absolute Gasteiger partial charge is 0.331 e. The number of benzene rings is 1. The van der Waals surface area contributed by atoms with Crippen LogP contribution in [-0.4, -0.2) is 11.0 Å². The molecular formula is C13H13N3O3S. The van der Waals surface area contributed by atoms with Crippen molar-refractivity contribution in [1.29, 1.82) is 0 Å². The number of para-hydroxylation sites is 2. The molecule has 6 nitrogen and oxygen atoms in total. The molecule has 0 saturated heterocycles. The zero-order valence-corrected chi connectivity index (χ0v) is 11.5. The Labute approximate surface area is 119 Å². The normalized spacial score (nSPS) is 11.7. The lowest BCUT2D eigenvalue weighted by Crippen LogP contribution is -2.30. The first-order valence-electron chi connectivity index (χ1n) is 5.92.